The van der Waals surface area contributed by atoms with Crippen LogP contribution in [0.3, 0.4) is 0 Å². The van der Waals surface area contributed by atoms with E-state index in [1.165, 1.54) is 27.8 Å². The molecule has 0 heterocycles. The van der Waals surface area contributed by atoms with Crippen molar-refractivity contribution in [3.05, 3.63) is 17.7 Å². The molecular weight excluding hydrogens is 296 g/mol. The number of nitrogens with zero attached hydrogens (tertiary/aromatic N) is 1. The first kappa shape index (κ1) is 17.1. The maximum Gasteiger partial charge on any atom is 0.271 e. The zero-order valence-electron chi connectivity index (χ0n) is 14.1. The third-order valence-electron chi connectivity index (χ3n) is 3.99. The van der Waals surface area contributed by atoms with E-state index in [2.05, 4.69) is 17.5 Å². The number of amides is 1. The number of hydrazone groups is 1. The molecule has 1 saturated carbocycles. The molecule has 0 spiro atoms. The summed E-state index contributed by atoms with van der Waals surface area (Å²) in [6.45, 7) is 2.20. The zero-order valence-corrected chi connectivity index (χ0v) is 14.1. The maximum absolute atomic E-state index is 12.3. The first-order valence-electron chi connectivity index (χ1n) is 7.74. The lowest BCUT2D eigenvalue weighted by Crippen LogP contribution is -2.22. The predicted molar refractivity (Wildman–Crippen MR) is 88.6 cm³/mol. The predicted octanol–water partition coefficient (Wildman–Crippen LogP) is 3.01. The van der Waals surface area contributed by atoms with E-state index in [1.807, 2.05) is 0 Å². The molecule has 0 aliphatic heterocycles. The van der Waals surface area contributed by atoms with Crippen LogP contribution in [0.5, 0.6) is 17.2 Å². The Morgan fingerprint density at radius 1 is 1.17 bits per heavy atom. The van der Waals surface area contributed by atoms with Crippen LogP contribution in [0.1, 0.15) is 43.0 Å². The lowest BCUT2D eigenvalue weighted by Gasteiger charge is -2.19. The quantitative estimate of drug-likeness (QED) is 0.847. The highest BCUT2D eigenvalue weighted by molar-refractivity contribution is 5.96. The van der Waals surface area contributed by atoms with Crippen molar-refractivity contribution in [1.82, 2.24) is 5.43 Å². The maximum atomic E-state index is 12.3. The minimum Gasteiger partial charge on any atom is -0.493 e. The number of hydrogen-bond acceptors (Lipinski definition) is 5. The SMILES string of the molecule is COc1cc(C(=O)N/N=C2\CCCC(C)C2)cc(OC)c1OC. The Labute approximate surface area is 136 Å². The number of carbonyl (C=O) groups excluding carboxylic acids is 1. The highest BCUT2D eigenvalue weighted by Gasteiger charge is 2.18. The van der Waals surface area contributed by atoms with Crippen LogP contribution in [0, 0.1) is 5.92 Å². The van der Waals surface area contributed by atoms with Crippen LogP contribution in [-0.4, -0.2) is 32.9 Å². The molecule has 1 aromatic rings. The molecule has 1 unspecified atom stereocenters. The molecule has 1 aliphatic carbocycles. The Morgan fingerprint density at radius 3 is 2.35 bits per heavy atom. The molecule has 6 nitrogen and oxygen atoms in total. The molecule has 0 bridgehead atoms. The van der Waals surface area contributed by atoms with Gasteiger partial charge in [0.25, 0.3) is 5.91 Å². The minimum absolute atomic E-state index is 0.296. The number of ether oxygens (including phenoxy) is 3. The molecule has 6 heteroatoms. The topological polar surface area (TPSA) is 69.2 Å². The van der Waals surface area contributed by atoms with Crippen molar-refractivity contribution in [2.45, 2.75) is 32.6 Å². The van der Waals surface area contributed by atoms with E-state index >= 15 is 0 Å². The molecule has 1 fully saturated rings. The van der Waals surface area contributed by atoms with Crippen molar-refractivity contribution in [3.8, 4) is 17.2 Å². The van der Waals surface area contributed by atoms with Gasteiger partial charge in [-0.15, -0.1) is 0 Å². The first-order valence-corrected chi connectivity index (χ1v) is 7.74. The van der Waals surface area contributed by atoms with E-state index in [0.29, 0.717) is 28.7 Å². The number of nitrogens with one attached hydrogen (secondary N) is 1. The van der Waals surface area contributed by atoms with E-state index < -0.39 is 0 Å². The van der Waals surface area contributed by atoms with Gasteiger partial charge in [0, 0.05) is 11.3 Å². The fraction of sp³-hybridized carbons (Fsp3) is 0.529. The summed E-state index contributed by atoms with van der Waals surface area (Å²) in [7, 11) is 4.56. The molecule has 1 aliphatic rings. The highest BCUT2D eigenvalue weighted by Crippen LogP contribution is 2.38. The van der Waals surface area contributed by atoms with Gasteiger partial charge in [0.1, 0.15) is 0 Å². The van der Waals surface area contributed by atoms with Gasteiger partial charge in [-0.1, -0.05) is 6.92 Å². The Hall–Kier alpha value is -2.24. The Balaban J connectivity index is 2.17. The molecule has 1 aromatic carbocycles. The standard InChI is InChI=1S/C17H24N2O4/c1-11-6-5-7-13(8-11)18-19-17(20)12-9-14(21-2)16(23-4)15(10-12)22-3/h9-11H,5-8H2,1-4H3,(H,19,20)/b18-13+. The molecule has 23 heavy (non-hydrogen) atoms. The molecule has 126 valence electrons. The van der Waals surface area contributed by atoms with E-state index in [9.17, 15) is 4.79 Å². The number of rotatable bonds is 5. The average molecular weight is 320 g/mol. The first-order chi connectivity index (χ1) is 11.1. The van der Waals surface area contributed by atoms with Gasteiger partial charge in [-0.2, -0.15) is 5.10 Å². The monoisotopic (exact) mass is 320 g/mol. The molecular formula is C17H24N2O4. The summed E-state index contributed by atoms with van der Waals surface area (Å²) < 4.78 is 15.8. The van der Waals surface area contributed by atoms with Gasteiger partial charge in [-0.25, -0.2) is 5.43 Å². The Kier molecular flexibility index (Phi) is 5.84. The van der Waals surface area contributed by atoms with Crippen LogP contribution >= 0.6 is 0 Å². The smallest absolute Gasteiger partial charge is 0.271 e. The molecule has 1 atom stereocenters. The van der Waals surface area contributed by atoms with Crippen molar-refractivity contribution >= 4 is 11.6 Å². The summed E-state index contributed by atoms with van der Waals surface area (Å²) in [5, 5.41) is 4.27. The van der Waals surface area contributed by atoms with E-state index in [1.54, 1.807) is 12.1 Å². The van der Waals surface area contributed by atoms with Gasteiger partial charge in [0.15, 0.2) is 11.5 Å². The molecule has 0 saturated heterocycles. The third-order valence-corrected chi connectivity index (χ3v) is 3.99. The molecule has 1 N–H and O–H groups in total. The summed E-state index contributed by atoms with van der Waals surface area (Å²) in [4.78, 5) is 12.3. The van der Waals surface area contributed by atoms with Gasteiger partial charge in [-0.3, -0.25) is 4.79 Å². The second-order valence-corrected chi connectivity index (χ2v) is 5.73. The molecule has 0 aromatic heterocycles. The molecule has 2 rings (SSSR count). The van der Waals surface area contributed by atoms with Gasteiger partial charge in [-0.05, 0) is 43.7 Å². The van der Waals surface area contributed by atoms with Crippen molar-refractivity contribution < 1.29 is 19.0 Å². The number of benzene rings is 1. The van der Waals surface area contributed by atoms with Gasteiger partial charge >= 0.3 is 0 Å². The van der Waals surface area contributed by atoms with E-state index in [4.69, 9.17) is 14.2 Å². The van der Waals surface area contributed by atoms with Crippen molar-refractivity contribution in [1.29, 1.82) is 0 Å². The second kappa shape index (κ2) is 7.85. The van der Waals surface area contributed by atoms with Crippen molar-refractivity contribution in [2.75, 3.05) is 21.3 Å². The summed E-state index contributed by atoms with van der Waals surface area (Å²) in [6.07, 6.45) is 4.23. The van der Waals surface area contributed by atoms with Gasteiger partial charge in [0.2, 0.25) is 5.75 Å². The van der Waals surface area contributed by atoms with Crippen LogP contribution in [-0.2, 0) is 0 Å². The summed E-state index contributed by atoms with van der Waals surface area (Å²) in [5.41, 5.74) is 4.08. The largest absolute Gasteiger partial charge is 0.493 e. The summed E-state index contributed by atoms with van der Waals surface area (Å²) >= 11 is 0. The second-order valence-electron chi connectivity index (χ2n) is 5.73. The minimum atomic E-state index is -0.296. The van der Waals surface area contributed by atoms with Gasteiger partial charge < -0.3 is 14.2 Å². The highest BCUT2D eigenvalue weighted by atomic mass is 16.5. The lowest BCUT2D eigenvalue weighted by atomic mass is 9.89. The number of hydrogen-bond donors (Lipinski definition) is 1. The molecule has 0 radical (unpaired) electrons. The average Bonchev–Trinajstić information content (AvgIpc) is 2.58. The van der Waals surface area contributed by atoms with Crippen LogP contribution in [0.2, 0.25) is 0 Å². The molecule has 1 amide bonds. The Morgan fingerprint density at radius 2 is 1.83 bits per heavy atom. The lowest BCUT2D eigenvalue weighted by molar-refractivity contribution is 0.0953. The fourth-order valence-electron chi connectivity index (χ4n) is 2.77. The fourth-order valence-corrected chi connectivity index (χ4v) is 2.77. The van der Waals surface area contributed by atoms with Crippen LogP contribution in [0.4, 0.5) is 0 Å². The normalized spacial score (nSPS) is 19.3. The zero-order chi connectivity index (χ0) is 16.8. The van der Waals surface area contributed by atoms with Crippen molar-refractivity contribution in [2.24, 2.45) is 11.0 Å². The van der Waals surface area contributed by atoms with Crippen molar-refractivity contribution in [3.63, 3.8) is 0 Å². The van der Waals surface area contributed by atoms with Crippen LogP contribution < -0.4 is 19.6 Å². The number of methoxy groups -OCH3 is 3. The van der Waals surface area contributed by atoms with Gasteiger partial charge in [0.05, 0.1) is 21.3 Å². The summed E-state index contributed by atoms with van der Waals surface area (Å²) in [5.74, 6) is 1.67. The van der Waals surface area contributed by atoms with Crippen LogP contribution in [0.25, 0.3) is 0 Å². The third kappa shape index (κ3) is 4.15. The Bertz CT molecular complexity index is 573. The summed E-state index contributed by atoms with van der Waals surface area (Å²) in [6, 6.07) is 3.22. The van der Waals surface area contributed by atoms with Crippen LogP contribution in [0.15, 0.2) is 17.2 Å². The van der Waals surface area contributed by atoms with E-state index in [0.717, 1.165) is 25.0 Å². The number of carbonyl (C=O) groups is 1. The van der Waals surface area contributed by atoms with E-state index in [-0.39, 0.29) is 5.91 Å².